The maximum Gasteiger partial charge on any atom is 0.308 e. The first-order valence-electron chi connectivity index (χ1n) is 22.6. The summed E-state index contributed by atoms with van der Waals surface area (Å²) in [5, 5.41) is 17.7. The number of carbonyl (C=O) groups excluding carboxylic acids is 1. The molecule has 0 aliphatic rings. The van der Waals surface area contributed by atoms with Gasteiger partial charge >= 0.3 is 5.97 Å². The second kappa shape index (κ2) is 15.0. The van der Waals surface area contributed by atoms with Gasteiger partial charge in [-0.05, 0) is 115 Å². The quantitative estimate of drug-likeness (QED) is 0.0747. The van der Waals surface area contributed by atoms with Gasteiger partial charge in [0.15, 0.2) is 0 Å². The monoisotopic (exact) mass is 840 g/mol. The van der Waals surface area contributed by atoms with Gasteiger partial charge in [-0.15, -0.1) is 0 Å². The van der Waals surface area contributed by atoms with E-state index in [0.717, 1.165) is 98.4 Å². The van der Waals surface area contributed by atoms with Crippen LogP contribution in [0.5, 0.6) is 5.75 Å². The van der Waals surface area contributed by atoms with E-state index in [4.69, 9.17) is 4.74 Å². The molecule has 0 atom stereocenters. The summed E-state index contributed by atoms with van der Waals surface area (Å²) in [4.78, 5) is 14.2. The molecule has 13 aromatic carbocycles. The summed E-state index contributed by atoms with van der Waals surface area (Å²) >= 11 is 0. The maximum atomic E-state index is 14.2. The summed E-state index contributed by atoms with van der Waals surface area (Å²) in [5.74, 6) is 0.177. The Morgan fingerprint density at radius 1 is 0.273 bits per heavy atom. The van der Waals surface area contributed by atoms with Gasteiger partial charge in [-0.1, -0.05) is 218 Å². The van der Waals surface area contributed by atoms with Crippen LogP contribution in [-0.4, -0.2) is 5.97 Å². The summed E-state index contributed by atoms with van der Waals surface area (Å²) < 4.78 is 7.00. The number of hydrogen-bond donors (Lipinski definition) is 0. The lowest BCUT2D eigenvalue weighted by Crippen LogP contribution is -2.06. The van der Waals surface area contributed by atoms with Gasteiger partial charge in [-0.3, -0.25) is 4.79 Å². The first-order valence-corrected chi connectivity index (χ1v) is 22.6. The Labute approximate surface area is 381 Å². The van der Waals surface area contributed by atoms with Crippen LogP contribution in [0.25, 0.3) is 131 Å². The summed E-state index contributed by atoms with van der Waals surface area (Å²) in [6.45, 7) is 1.54. The largest absolute Gasteiger partial charge is 0.425 e. The highest BCUT2D eigenvalue weighted by Gasteiger charge is 2.30. The molecule has 0 radical (unpaired) electrons. The predicted molar refractivity (Wildman–Crippen MR) is 280 cm³/mol. The molecule has 66 heavy (non-hydrogen) atoms. The van der Waals surface area contributed by atoms with E-state index in [1.807, 2.05) is 0 Å². The smallest absolute Gasteiger partial charge is 0.308 e. The van der Waals surface area contributed by atoms with Crippen molar-refractivity contribution in [3.63, 3.8) is 0 Å². The van der Waals surface area contributed by atoms with E-state index in [1.54, 1.807) is 6.92 Å². The number of benzene rings is 13. The Hall–Kier alpha value is -8.59. The Balaban J connectivity index is 1.45. The molecule has 0 bridgehead atoms. The molecule has 0 fully saturated rings. The number of rotatable bonds is 5. The van der Waals surface area contributed by atoms with Gasteiger partial charge in [0, 0.05) is 28.8 Å². The van der Waals surface area contributed by atoms with E-state index in [9.17, 15) is 4.79 Å². The fraction of sp³-hybridized carbons (Fsp3) is 0.0156. The average Bonchev–Trinajstić information content (AvgIpc) is 3.38. The molecular formula is C64H40O2. The van der Waals surface area contributed by atoms with Crippen molar-refractivity contribution in [2.45, 2.75) is 6.92 Å². The third-order valence-corrected chi connectivity index (χ3v) is 13.7. The minimum Gasteiger partial charge on any atom is -0.425 e. The first-order chi connectivity index (χ1) is 32.7. The van der Waals surface area contributed by atoms with Gasteiger partial charge in [0.2, 0.25) is 0 Å². The van der Waals surface area contributed by atoms with E-state index < -0.39 is 0 Å². The van der Waals surface area contributed by atoms with Crippen molar-refractivity contribution in [3.8, 4) is 50.3 Å². The van der Waals surface area contributed by atoms with Gasteiger partial charge in [0.05, 0.1) is 0 Å². The van der Waals surface area contributed by atoms with E-state index in [0.29, 0.717) is 5.75 Å². The highest BCUT2D eigenvalue weighted by molar-refractivity contribution is 6.42. The molecule has 13 aromatic rings. The zero-order valence-corrected chi connectivity index (χ0v) is 36.2. The molecule has 308 valence electrons. The molecule has 0 saturated carbocycles. The fourth-order valence-electron chi connectivity index (χ4n) is 11.2. The number of hydrogen-bond acceptors (Lipinski definition) is 2. The fourth-order valence-corrected chi connectivity index (χ4v) is 11.2. The molecule has 0 unspecified atom stereocenters. The second-order valence-electron chi connectivity index (χ2n) is 17.3. The van der Waals surface area contributed by atoms with Crippen molar-refractivity contribution >= 4 is 92.1 Å². The Bertz CT molecular complexity index is 3860. The van der Waals surface area contributed by atoms with Gasteiger partial charge < -0.3 is 4.74 Å². The molecule has 13 rings (SSSR count). The minimum atomic E-state index is -0.378. The highest BCUT2D eigenvalue weighted by Crippen LogP contribution is 2.58. The zero-order valence-electron chi connectivity index (χ0n) is 36.2. The topological polar surface area (TPSA) is 26.3 Å². The van der Waals surface area contributed by atoms with Crippen molar-refractivity contribution < 1.29 is 9.53 Å². The second-order valence-corrected chi connectivity index (χ2v) is 17.3. The lowest BCUT2D eigenvalue weighted by Gasteiger charge is -2.27. The van der Waals surface area contributed by atoms with Crippen LogP contribution in [0.2, 0.25) is 0 Å². The van der Waals surface area contributed by atoms with Crippen molar-refractivity contribution in [1.82, 2.24) is 0 Å². The lowest BCUT2D eigenvalue weighted by molar-refractivity contribution is -0.131. The van der Waals surface area contributed by atoms with Crippen LogP contribution in [0.1, 0.15) is 6.92 Å². The summed E-state index contributed by atoms with van der Waals surface area (Å²) in [6, 6.07) is 80.7. The van der Waals surface area contributed by atoms with Gasteiger partial charge in [0.25, 0.3) is 0 Å². The third-order valence-electron chi connectivity index (χ3n) is 13.7. The molecule has 0 amide bonds. The molecule has 0 aliphatic heterocycles. The molecule has 0 aliphatic carbocycles. The molecule has 0 aromatic heterocycles. The van der Waals surface area contributed by atoms with E-state index in [2.05, 4.69) is 224 Å². The van der Waals surface area contributed by atoms with Gasteiger partial charge in [-0.25, -0.2) is 0 Å². The first kappa shape index (κ1) is 37.9. The lowest BCUT2D eigenvalue weighted by atomic mass is 9.77. The normalized spacial score (nSPS) is 11.8. The summed E-state index contributed by atoms with van der Waals surface area (Å²) in [6.07, 6.45) is 0. The Morgan fingerprint density at radius 2 is 0.515 bits per heavy atom. The van der Waals surface area contributed by atoms with E-state index >= 15 is 0 Å². The van der Waals surface area contributed by atoms with Crippen molar-refractivity contribution in [3.05, 3.63) is 224 Å². The molecule has 2 heteroatoms. The van der Waals surface area contributed by atoms with Crippen LogP contribution in [0.4, 0.5) is 0 Å². The molecule has 0 spiro atoms. The van der Waals surface area contributed by atoms with Crippen LogP contribution in [-0.2, 0) is 4.79 Å². The SMILES string of the molecule is CC(=O)Oc1c2c(-c3ccccc3)c3c4ccccc4c4ccccc4c3c(-c3ccccc3)c2cc2c(-c3ccccc3)c3c4ccccc4c4ccccc4c3c(-c3ccccc3)c12. The maximum absolute atomic E-state index is 14.2. The van der Waals surface area contributed by atoms with Crippen molar-refractivity contribution in [1.29, 1.82) is 0 Å². The molecular weight excluding hydrogens is 801 g/mol. The van der Waals surface area contributed by atoms with Gasteiger partial charge in [0.1, 0.15) is 5.75 Å². The van der Waals surface area contributed by atoms with Crippen LogP contribution < -0.4 is 4.74 Å². The summed E-state index contributed by atoms with van der Waals surface area (Å²) in [5.41, 5.74) is 8.52. The standard InChI is InChI=1S/C64H40O2/c1-39(65)66-64-62-52(54(40-22-6-2-7-23-40)58-48-34-18-14-30-44(48)46-32-16-20-36-50(46)60(58)56(62)42-26-10-4-11-27-42)38-53-55(41-24-8-3-9-25-41)59-49-35-19-15-31-45(49)47-33-17-21-37-51(47)61(59)57(63(53)64)43-28-12-5-13-29-43/h2-38H,1H3. The molecule has 0 N–H and O–H groups in total. The zero-order chi connectivity index (χ0) is 43.9. The van der Waals surface area contributed by atoms with Crippen molar-refractivity contribution in [2.24, 2.45) is 0 Å². The van der Waals surface area contributed by atoms with Crippen LogP contribution in [0.15, 0.2) is 224 Å². The molecule has 2 nitrogen and oxygen atoms in total. The number of ether oxygens (including phenoxy) is 1. The highest BCUT2D eigenvalue weighted by atomic mass is 16.5. The number of fused-ring (bicyclic) bond motifs is 14. The number of carbonyl (C=O) groups is 1. The average molecular weight is 841 g/mol. The number of esters is 1. The van der Waals surface area contributed by atoms with Crippen molar-refractivity contribution in [2.75, 3.05) is 0 Å². The van der Waals surface area contributed by atoms with Crippen LogP contribution >= 0.6 is 0 Å². The van der Waals surface area contributed by atoms with Gasteiger partial charge in [-0.2, -0.15) is 0 Å². The Morgan fingerprint density at radius 3 is 0.803 bits per heavy atom. The summed E-state index contributed by atoms with van der Waals surface area (Å²) in [7, 11) is 0. The molecule has 0 saturated heterocycles. The third kappa shape index (κ3) is 5.58. The minimum absolute atomic E-state index is 0.378. The van der Waals surface area contributed by atoms with Crippen LogP contribution in [0.3, 0.4) is 0 Å². The predicted octanol–water partition coefficient (Wildman–Crippen LogP) is 17.5. The van der Waals surface area contributed by atoms with Crippen LogP contribution in [0, 0.1) is 0 Å². The molecule has 0 heterocycles. The Kier molecular flexibility index (Phi) is 8.62. The van der Waals surface area contributed by atoms with E-state index in [-0.39, 0.29) is 5.97 Å². The van der Waals surface area contributed by atoms with E-state index in [1.165, 1.54) is 32.3 Å².